The van der Waals surface area contributed by atoms with Crippen LogP contribution in [-0.2, 0) is 21.2 Å². The second kappa shape index (κ2) is 6.04. The van der Waals surface area contributed by atoms with E-state index in [-0.39, 0.29) is 18.7 Å². The van der Waals surface area contributed by atoms with Gasteiger partial charge in [0.25, 0.3) is 0 Å². The fraction of sp³-hybridized carbons (Fsp3) is 0.308. The van der Waals surface area contributed by atoms with Crippen molar-refractivity contribution in [1.29, 1.82) is 0 Å². The van der Waals surface area contributed by atoms with Crippen molar-refractivity contribution in [2.75, 3.05) is 6.26 Å². The van der Waals surface area contributed by atoms with E-state index in [2.05, 4.69) is 10.2 Å². The third-order valence-corrected chi connectivity index (χ3v) is 3.23. The summed E-state index contributed by atoms with van der Waals surface area (Å²) in [4.78, 5) is 11.4. The van der Waals surface area contributed by atoms with Gasteiger partial charge in [0.05, 0.1) is 6.26 Å². The lowest BCUT2D eigenvalue weighted by molar-refractivity contribution is -0.119. The van der Waals surface area contributed by atoms with Crippen LogP contribution in [0.2, 0.25) is 0 Å². The van der Waals surface area contributed by atoms with Crippen LogP contribution >= 0.6 is 0 Å². The molecular weight excluding hydrogens is 294 g/mol. The Bertz CT molecular complexity index is 735. The second-order valence-electron chi connectivity index (χ2n) is 4.66. The van der Waals surface area contributed by atoms with E-state index in [1.54, 1.807) is 0 Å². The molecule has 0 aliphatic carbocycles. The van der Waals surface area contributed by atoms with Gasteiger partial charge in [-0.25, -0.2) is 8.42 Å². The lowest BCUT2D eigenvalue weighted by Crippen LogP contribution is -2.29. The van der Waals surface area contributed by atoms with Crippen LogP contribution in [0.15, 0.2) is 28.7 Å². The number of sulfonamides is 1. The maximum absolute atomic E-state index is 11.4. The monoisotopic (exact) mass is 309 g/mol. The molecule has 2 aromatic rings. The van der Waals surface area contributed by atoms with Crippen LogP contribution in [-0.4, -0.2) is 30.8 Å². The normalized spacial score (nSPS) is 11.3. The minimum absolute atomic E-state index is 0.0391. The third kappa shape index (κ3) is 4.67. The Morgan fingerprint density at radius 1 is 1.24 bits per heavy atom. The molecule has 0 unspecified atom stereocenters. The summed E-state index contributed by atoms with van der Waals surface area (Å²) in [5, 5.41) is 7.74. The van der Waals surface area contributed by atoms with Gasteiger partial charge in [-0.15, -0.1) is 10.2 Å². The molecule has 2 rings (SSSR count). The SMILES string of the molecule is Cc1ccc(-c2nnc(CCC(=O)NS(C)(=O)=O)o2)cc1. The van der Waals surface area contributed by atoms with Crippen molar-refractivity contribution in [2.45, 2.75) is 19.8 Å². The summed E-state index contributed by atoms with van der Waals surface area (Å²) >= 11 is 0. The van der Waals surface area contributed by atoms with Crippen LogP contribution in [0, 0.1) is 6.92 Å². The van der Waals surface area contributed by atoms with Gasteiger partial charge in [-0.05, 0) is 19.1 Å². The first kappa shape index (κ1) is 15.2. The first-order chi connectivity index (χ1) is 9.83. The summed E-state index contributed by atoms with van der Waals surface area (Å²) in [6.45, 7) is 1.98. The Kier molecular flexibility index (Phi) is 4.37. The molecule has 0 saturated heterocycles. The van der Waals surface area contributed by atoms with Crippen LogP contribution in [0.3, 0.4) is 0 Å². The number of amides is 1. The zero-order valence-corrected chi connectivity index (χ0v) is 12.5. The molecule has 0 atom stereocenters. The number of aromatic nitrogens is 2. The fourth-order valence-corrected chi connectivity index (χ4v) is 2.16. The maximum Gasteiger partial charge on any atom is 0.247 e. The Balaban J connectivity index is 1.97. The molecule has 1 N–H and O–H groups in total. The molecule has 1 amide bonds. The molecule has 7 nitrogen and oxygen atoms in total. The molecule has 112 valence electrons. The first-order valence-corrected chi connectivity index (χ1v) is 8.13. The summed E-state index contributed by atoms with van der Waals surface area (Å²) in [6, 6.07) is 7.59. The Labute approximate surface area is 122 Å². The minimum Gasteiger partial charge on any atom is -0.421 e. The lowest BCUT2D eigenvalue weighted by atomic mass is 10.1. The maximum atomic E-state index is 11.4. The van der Waals surface area contributed by atoms with Crippen molar-refractivity contribution in [2.24, 2.45) is 0 Å². The Morgan fingerprint density at radius 3 is 2.52 bits per heavy atom. The van der Waals surface area contributed by atoms with Crippen molar-refractivity contribution in [3.63, 3.8) is 0 Å². The number of carbonyl (C=O) groups excluding carboxylic acids is 1. The van der Waals surface area contributed by atoms with E-state index in [1.165, 1.54) is 0 Å². The lowest BCUT2D eigenvalue weighted by Gasteiger charge is -2.00. The number of hydrogen-bond donors (Lipinski definition) is 1. The number of benzene rings is 1. The van der Waals surface area contributed by atoms with E-state index in [9.17, 15) is 13.2 Å². The summed E-state index contributed by atoms with van der Waals surface area (Å²) in [5.41, 5.74) is 1.91. The molecule has 21 heavy (non-hydrogen) atoms. The van der Waals surface area contributed by atoms with E-state index in [4.69, 9.17) is 4.42 Å². The average Bonchev–Trinajstić information content (AvgIpc) is 2.84. The number of nitrogens with one attached hydrogen (secondary N) is 1. The predicted octanol–water partition coefficient (Wildman–Crippen LogP) is 1.05. The topological polar surface area (TPSA) is 102 Å². The van der Waals surface area contributed by atoms with E-state index < -0.39 is 15.9 Å². The quantitative estimate of drug-likeness (QED) is 0.885. The summed E-state index contributed by atoms with van der Waals surface area (Å²) in [6.07, 6.45) is 1.07. The van der Waals surface area contributed by atoms with Gasteiger partial charge in [0, 0.05) is 18.4 Å². The van der Waals surface area contributed by atoms with Gasteiger partial charge in [0.15, 0.2) is 0 Å². The number of nitrogens with zero attached hydrogens (tertiary/aromatic N) is 2. The highest BCUT2D eigenvalue weighted by Crippen LogP contribution is 2.18. The summed E-state index contributed by atoms with van der Waals surface area (Å²) < 4.78 is 29.1. The van der Waals surface area contributed by atoms with Crippen molar-refractivity contribution >= 4 is 15.9 Å². The molecule has 0 aliphatic rings. The first-order valence-electron chi connectivity index (χ1n) is 6.23. The van der Waals surface area contributed by atoms with Gasteiger partial charge in [0.2, 0.25) is 27.7 Å². The van der Waals surface area contributed by atoms with Crippen LogP contribution in [0.4, 0.5) is 0 Å². The van der Waals surface area contributed by atoms with Crippen LogP contribution in [0.5, 0.6) is 0 Å². The highest BCUT2D eigenvalue weighted by molar-refractivity contribution is 7.89. The summed E-state index contributed by atoms with van der Waals surface area (Å²) in [5.74, 6) is 0.0512. The Morgan fingerprint density at radius 2 is 1.90 bits per heavy atom. The molecule has 0 radical (unpaired) electrons. The standard InChI is InChI=1S/C13H15N3O4S/c1-9-3-5-10(6-4-9)13-15-14-12(20-13)8-7-11(17)16-21(2,18)19/h3-6H,7-8H2,1-2H3,(H,16,17). The number of rotatable bonds is 5. The molecular formula is C13H15N3O4S. The molecule has 0 bridgehead atoms. The highest BCUT2D eigenvalue weighted by Gasteiger charge is 2.12. The van der Waals surface area contributed by atoms with E-state index in [1.807, 2.05) is 35.9 Å². The average molecular weight is 309 g/mol. The van der Waals surface area contributed by atoms with Crippen LogP contribution in [0.25, 0.3) is 11.5 Å². The molecule has 0 fully saturated rings. The van der Waals surface area contributed by atoms with Crippen molar-refractivity contribution in [3.05, 3.63) is 35.7 Å². The number of hydrogen-bond acceptors (Lipinski definition) is 6. The molecule has 1 heterocycles. The summed E-state index contributed by atoms with van der Waals surface area (Å²) in [7, 11) is -3.54. The minimum atomic E-state index is -3.54. The molecule has 0 spiro atoms. The van der Waals surface area contributed by atoms with E-state index in [0.29, 0.717) is 5.89 Å². The number of carbonyl (C=O) groups is 1. The Hall–Kier alpha value is -2.22. The zero-order valence-electron chi connectivity index (χ0n) is 11.7. The molecule has 1 aromatic carbocycles. The van der Waals surface area contributed by atoms with Gasteiger partial charge in [-0.1, -0.05) is 17.7 Å². The van der Waals surface area contributed by atoms with E-state index in [0.717, 1.165) is 17.4 Å². The predicted molar refractivity (Wildman–Crippen MR) is 75.8 cm³/mol. The molecule has 0 aliphatic heterocycles. The zero-order chi connectivity index (χ0) is 15.5. The molecule has 8 heteroatoms. The largest absolute Gasteiger partial charge is 0.421 e. The highest BCUT2D eigenvalue weighted by atomic mass is 32.2. The van der Waals surface area contributed by atoms with Gasteiger partial charge < -0.3 is 4.42 Å². The third-order valence-electron chi connectivity index (χ3n) is 2.63. The van der Waals surface area contributed by atoms with Crippen molar-refractivity contribution < 1.29 is 17.6 Å². The van der Waals surface area contributed by atoms with Crippen LogP contribution < -0.4 is 4.72 Å². The number of aryl methyl sites for hydroxylation is 2. The second-order valence-corrected chi connectivity index (χ2v) is 6.41. The van der Waals surface area contributed by atoms with Crippen LogP contribution in [0.1, 0.15) is 17.9 Å². The van der Waals surface area contributed by atoms with Crippen molar-refractivity contribution in [3.8, 4) is 11.5 Å². The van der Waals surface area contributed by atoms with Gasteiger partial charge in [-0.3, -0.25) is 9.52 Å². The molecule has 0 saturated carbocycles. The van der Waals surface area contributed by atoms with Gasteiger partial charge in [-0.2, -0.15) is 0 Å². The van der Waals surface area contributed by atoms with E-state index >= 15 is 0 Å². The van der Waals surface area contributed by atoms with Gasteiger partial charge in [0.1, 0.15) is 0 Å². The van der Waals surface area contributed by atoms with Gasteiger partial charge >= 0.3 is 0 Å². The smallest absolute Gasteiger partial charge is 0.247 e. The molecule has 1 aromatic heterocycles. The van der Waals surface area contributed by atoms with Crippen molar-refractivity contribution in [1.82, 2.24) is 14.9 Å². The fourth-order valence-electron chi connectivity index (χ4n) is 1.65.